The predicted molar refractivity (Wildman–Crippen MR) is 60.4 cm³/mol. The van der Waals surface area contributed by atoms with E-state index in [-0.39, 0.29) is 0 Å². The van der Waals surface area contributed by atoms with E-state index in [0.29, 0.717) is 5.13 Å². The van der Waals surface area contributed by atoms with E-state index in [2.05, 4.69) is 15.0 Å². The van der Waals surface area contributed by atoms with E-state index in [1.807, 2.05) is 25.1 Å². The van der Waals surface area contributed by atoms with Gasteiger partial charge in [-0.15, -0.1) is 0 Å². The number of hydrogen-bond acceptors (Lipinski definition) is 4. The molecule has 4 nitrogen and oxygen atoms in total. The van der Waals surface area contributed by atoms with Crippen LogP contribution in [-0.2, 0) is 4.74 Å². The molecule has 1 N–H and O–H groups in total. The lowest BCUT2D eigenvalue weighted by atomic mass is 10.2. The lowest BCUT2D eigenvalue weighted by Crippen LogP contribution is -2.10. The smallest absolute Gasteiger partial charge is 0.413 e. The van der Waals surface area contributed by atoms with Crippen LogP contribution in [0.1, 0.15) is 5.56 Å². The standard InChI is InChI=1S/C10H10N2O2S/c1-6-3-4-8-7(5-6)11-9(15-8)12-10(13)14-2/h3-5H,1-2H3,(H,11,12,13). The third-order valence-electron chi connectivity index (χ3n) is 1.94. The van der Waals surface area contributed by atoms with Crippen LogP contribution >= 0.6 is 11.3 Å². The number of rotatable bonds is 1. The van der Waals surface area contributed by atoms with Crippen LogP contribution < -0.4 is 5.32 Å². The molecule has 0 spiro atoms. The van der Waals surface area contributed by atoms with Crippen molar-refractivity contribution in [2.45, 2.75) is 6.92 Å². The van der Waals surface area contributed by atoms with Gasteiger partial charge >= 0.3 is 6.09 Å². The molecule has 0 bridgehead atoms. The SMILES string of the molecule is COC(=O)Nc1nc2cc(C)ccc2s1. The van der Waals surface area contributed by atoms with Crippen molar-refractivity contribution in [1.29, 1.82) is 0 Å². The fourth-order valence-corrected chi connectivity index (χ4v) is 2.06. The van der Waals surface area contributed by atoms with Gasteiger partial charge in [-0.3, -0.25) is 5.32 Å². The summed E-state index contributed by atoms with van der Waals surface area (Å²) in [4.78, 5) is 15.2. The average molecular weight is 222 g/mol. The van der Waals surface area contributed by atoms with Crippen molar-refractivity contribution < 1.29 is 9.53 Å². The zero-order chi connectivity index (χ0) is 10.8. The Kier molecular flexibility index (Phi) is 2.55. The largest absolute Gasteiger partial charge is 0.453 e. The number of ether oxygens (including phenoxy) is 1. The molecule has 0 aliphatic rings. The van der Waals surface area contributed by atoms with Crippen LogP contribution in [-0.4, -0.2) is 18.2 Å². The van der Waals surface area contributed by atoms with E-state index in [4.69, 9.17) is 0 Å². The third-order valence-corrected chi connectivity index (χ3v) is 2.89. The maximum Gasteiger partial charge on any atom is 0.413 e. The Morgan fingerprint density at radius 2 is 2.33 bits per heavy atom. The van der Waals surface area contributed by atoms with Crippen molar-refractivity contribution >= 4 is 32.8 Å². The van der Waals surface area contributed by atoms with Crippen LogP contribution in [0.15, 0.2) is 18.2 Å². The number of nitrogens with zero attached hydrogens (tertiary/aromatic N) is 1. The number of methoxy groups -OCH3 is 1. The molecule has 0 saturated heterocycles. The number of anilines is 1. The topological polar surface area (TPSA) is 51.2 Å². The van der Waals surface area contributed by atoms with Gasteiger partial charge in [0, 0.05) is 0 Å². The fourth-order valence-electron chi connectivity index (χ4n) is 1.23. The first-order chi connectivity index (χ1) is 7.19. The number of amides is 1. The van der Waals surface area contributed by atoms with Crippen molar-refractivity contribution in [2.24, 2.45) is 0 Å². The minimum atomic E-state index is -0.495. The minimum absolute atomic E-state index is 0.495. The van der Waals surface area contributed by atoms with Gasteiger partial charge in [-0.1, -0.05) is 17.4 Å². The van der Waals surface area contributed by atoms with Gasteiger partial charge in [0.05, 0.1) is 17.3 Å². The third kappa shape index (κ3) is 2.07. The molecule has 0 saturated carbocycles. The molecule has 0 fully saturated rings. The van der Waals surface area contributed by atoms with Crippen molar-refractivity contribution in [1.82, 2.24) is 4.98 Å². The summed E-state index contributed by atoms with van der Waals surface area (Å²) in [7, 11) is 1.33. The summed E-state index contributed by atoms with van der Waals surface area (Å²) in [5.41, 5.74) is 2.05. The second-order valence-electron chi connectivity index (χ2n) is 3.11. The number of aryl methyl sites for hydroxylation is 1. The quantitative estimate of drug-likeness (QED) is 0.807. The number of aromatic nitrogens is 1. The first-order valence-electron chi connectivity index (χ1n) is 4.41. The number of benzene rings is 1. The molecular weight excluding hydrogens is 212 g/mol. The Morgan fingerprint density at radius 3 is 3.07 bits per heavy atom. The molecule has 0 unspecified atom stereocenters. The van der Waals surface area contributed by atoms with Gasteiger partial charge in [-0.25, -0.2) is 9.78 Å². The van der Waals surface area contributed by atoms with Crippen LogP contribution in [0.25, 0.3) is 10.2 Å². The van der Waals surface area contributed by atoms with Gasteiger partial charge < -0.3 is 4.74 Å². The molecule has 78 valence electrons. The maximum absolute atomic E-state index is 11.0. The molecule has 1 heterocycles. The van der Waals surface area contributed by atoms with Gasteiger partial charge in [0.2, 0.25) is 0 Å². The van der Waals surface area contributed by atoms with E-state index >= 15 is 0 Å². The van der Waals surface area contributed by atoms with Crippen LogP contribution in [0, 0.1) is 6.92 Å². The highest BCUT2D eigenvalue weighted by molar-refractivity contribution is 7.22. The summed E-state index contributed by atoms with van der Waals surface area (Å²) < 4.78 is 5.54. The van der Waals surface area contributed by atoms with Crippen LogP contribution in [0.3, 0.4) is 0 Å². The Hall–Kier alpha value is -1.62. The Bertz CT molecular complexity index is 507. The van der Waals surface area contributed by atoms with E-state index in [9.17, 15) is 4.79 Å². The number of hydrogen-bond donors (Lipinski definition) is 1. The lowest BCUT2D eigenvalue weighted by Gasteiger charge is -1.96. The maximum atomic E-state index is 11.0. The number of carbonyl (C=O) groups excluding carboxylic acids is 1. The van der Waals surface area contributed by atoms with Crippen molar-refractivity contribution in [3.05, 3.63) is 23.8 Å². The van der Waals surface area contributed by atoms with Crippen LogP contribution in [0.2, 0.25) is 0 Å². The summed E-state index contributed by atoms with van der Waals surface area (Å²) in [5.74, 6) is 0. The first kappa shape index (κ1) is 9.92. The summed E-state index contributed by atoms with van der Waals surface area (Å²) >= 11 is 1.43. The van der Waals surface area contributed by atoms with Gasteiger partial charge in [-0.05, 0) is 24.6 Å². The van der Waals surface area contributed by atoms with E-state index < -0.39 is 6.09 Å². The fraction of sp³-hybridized carbons (Fsp3) is 0.200. The van der Waals surface area contributed by atoms with E-state index in [0.717, 1.165) is 15.8 Å². The van der Waals surface area contributed by atoms with Gasteiger partial charge in [0.1, 0.15) is 0 Å². The van der Waals surface area contributed by atoms with Crippen molar-refractivity contribution in [2.75, 3.05) is 12.4 Å². The van der Waals surface area contributed by atoms with Gasteiger partial charge in [-0.2, -0.15) is 0 Å². The van der Waals surface area contributed by atoms with E-state index in [1.54, 1.807) is 0 Å². The molecule has 15 heavy (non-hydrogen) atoms. The van der Waals surface area contributed by atoms with Crippen molar-refractivity contribution in [3.63, 3.8) is 0 Å². The summed E-state index contributed by atoms with van der Waals surface area (Å²) in [6, 6.07) is 5.99. The second kappa shape index (κ2) is 3.86. The molecule has 2 aromatic rings. The van der Waals surface area contributed by atoms with Crippen LogP contribution in [0.5, 0.6) is 0 Å². The number of thiazole rings is 1. The molecule has 0 radical (unpaired) electrons. The predicted octanol–water partition coefficient (Wildman–Crippen LogP) is 2.78. The molecule has 0 aliphatic heterocycles. The monoisotopic (exact) mass is 222 g/mol. The summed E-state index contributed by atoms with van der Waals surface area (Å²) in [6.45, 7) is 2.01. The molecule has 5 heteroatoms. The minimum Gasteiger partial charge on any atom is -0.453 e. The van der Waals surface area contributed by atoms with E-state index in [1.165, 1.54) is 18.4 Å². The molecule has 0 atom stereocenters. The molecule has 1 aromatic carbocycles. The van der Waals surface area contributed by atoms with Gasteiger partial charge in [0.15, 0.2) is 5.13 Å². The number of nitrogens with one attached hydrogen (secondary N) is 1. The molecule has 1 amide bonds. The second-order valence-corrected chi connectivity index (χ2v) is 4.14. The first-order valence-corrected chi connectivity index (χ1v) is 5.23. The zero-order valence-corrected chi connectivity index (χ0v) is 9.22. The molecule has 2 rings (SSSR count). The lowest BCUT2D eigenvalue weighted by molar-refractivity contribution is 0.187. The Balaban J connectivity index is 2.34. The Morgan fingerprint density at radius 1 is 1.53 bits per heavy atom. The van der Waals surface area contributed by atoms with Gasteiger partial charge in [0.25, 0.3) is 0 Å². The molecule has 1 aromatic heterocycles. The normalized spacial score (nSPS) is 10.3. The highest BCUT2D eigenvalue weighted by Crippen LogP contribution is 2.26. The van der Waals surface area contributed by atoms with Crippen LogP contribution in [0.4, 0.5) is 9.93 Å². The summed E-state index contributed by atoms with van der Waals surface area (Å²) in [6.07, 6.45) is -0.495. The number of carbonyl (C=O) groups is 1. The highest BCUT2D eigenvalue weighted by atomic mass is 32.1. The summed E-state index contributed by atoms with van der Waals surface area (Å²) in [5, 5.41) is 3.10. The average Bonchev–Trinajstić information content (AvgIpc) is 2.59. The number of fused-ring (bicyclic) bond motifs is 1. The molecular formula is C10H10N2O2S. The highest BCUT2D eigenvalue weighted by Gasteiger charge is 2.06. The Labute approximate surface area is 90.9 Å². The zero-order valence-electron chi connectivity index (χ0n) is 8.40. The van der Waals surface area contributed by atoms with Crippen molar-refractivity contribution in [3.8, 4) is 0 Å². The molecule has 0 aliphatic carbocycles.